The van der Waals surface area contributed by atoms with Gasteiger partial charge in [0.05, 0.1) is 10.9 Å². The quantitative estimate of drug-likeness (QED) is 0.427. The Morgan fingerprint density at radius 1 is 0.960 bits per heavy atom. The minimum absolute atomic E-state index is 0.809. The maximum absolute atomic E-state index is 6.25. The van der Waals surface area contributed by atoms with Gasteiger partial charge in [0, 0.05) is 18.0 Å². The summed E-state index contributed by atoms with van der Waals surface area (Å²) in [6, 6.07) is 20.8. The molecular formula is C21H14N3O+. The molecule has 3 aromatic heterocycles. The highest BCUT2D eigenvalue weighted by atomic mass is 16.3. The molecule has 0 spiro atoms. The first kappa shape index (κ1) is 13.0. The first-order valence-corrected chi connectivity index (χ1v) is 8.36. The maximum atomic E-state index is 6.25. The van der Waals surface area contributed by atoms with Crippen LogP contribution in [0.4, 0.5) is 0 Å². The molecule has 1 aliphatic heterocycles. The fraction of sp³-hybridized carbons (Fsp3) is 0.0476. The third kappa shape index (κ3) is 1.61. The van der Waals surface area contributed by atoms with Gasteiger partial charge >= 0.3 is 5.71 Å². The fourth-order valence-electron chi connectivity index (χ4n) is 3.91. The summed E-state index contributed by atoms with van der Waals surface area (Å²) in [5.41, 5.74) is 6.52. The number of fused-ring (bicyclic) bond motifs is 7. The average Bonchev–Trinajstić information content (AvgIpc) is 3.30. The van der Waals surface area contributed by atoms with Crippen LogP contribution in [0.25, 0.3) is 39.3 Å². The van der Waals surface area contributed by atoms with Crippen molar-refractivity contribution in [2.75, 3.05) is 0 Å². The van der Waals surface area contributed by atoms with Gasteiger partial charge in [-0.15, -0.1) is 0 Å². The summed E-state index contributed by atoms with van der Waals surface area (Å²) in [4.78, 5) is 4.35. The van der Waals surface area contributed by atoms with Gasteiger partial charge in [-0.2, -0.15) is 9.13 Å². The van der Waals surface area contributed by atoms with E-state index in [0.717, 1.165) is 40.3 Å². The standard InChI is InChI=1S/C21H14N3O/c1-2-6-15(7-3-1)24-19-16-8-4-5-9-18(16)25-21(19)23-13-14-10-11-22-12-17(14)20(23)24/h1-12H,13H2/q+1. The Labute approximate surface area is 143 Å². The Morgan fingerprint density at radius 3 is 2.72 bits per heavy atom. The second-order valence-corrected chi connectivity index (χ2v) is 6.37. The fourth-order valence-corrected chi connectivity index (χ4v) is 3.91. The van der Waals surface area contributed by atoms with Crippen LogP contribution in [0.2, 0.25) is 0 Å². The molecule has 4 nitrogen and oxygen atoms in total. The van der Waals surface area contributed by atoms with Gasteiger partial charge in [-0.05, 0) is 30.3 Å². The first-order chi connectivity index (χ1) is 12.4. The molecule has 5 aromatic rings. The summed E-state index contributed by atoms with van der Waals surface area (Å²) >= 11 is 0. The Hall–Kier alpha value is -3.40. The SMILES string of the molecule is c1ccc(-n2c3[n+](c4oc5ccccc5c42)Cc2ccncc2-3)cc1. The highest BCUT2D eigenvalue weighted by molar-refractivity contribution is 6.02. The largest absolute Gasteiger partial charge is 0.419 e. The van der Waals surface area contributed by atoms with Crippen molar-refractivity contribution in [1.29, 1.82) is 0 Å². The normalized spacial score (nSPS) is 12.6. The second kappa shape index (κ2) is 4.57. The molecule has 2 aromatic carbocycles. The summed E-state index contributed by atoms with van der Waals surface area (Å²) in [6.45, 7) is 0.809. The molecule has 6 rings (SSSR count). The van der Waals surface area contributed by atoms with Crippen LogP contribution >= 0.6 is 0 Å². The summed E-state index contributed by atoms with van der Waals surface area (Å²) in [5.74, 6) is 1.13. The third-order valence-electron chi connectivity index (χ3n) is 4.98. The molecule has 0 fully saturated rings. The number of hydrogen-bond donors (Lipinski definition) is 0. The number of imidazole rings is 1. The molecule has 0 amide bonds. The molecule has 118 valence electrons. The molecule has 4 heteroatoms. The molecule has 0 aliphatic carbocycles. The Kier molecular flexibility index (Phi) is 2.37. The predicted molar refractivity (Wildman–Crippen MR) is 95.6 cm³/mol. The zero-order valence-electron chi connectivity index (χ0n) is 13.4. The number of furan rings is 1. The molecule has 0 bridgehead atoms. The van der Waals surface area contributed by atoms with E-state index in [0.29, 0.717) is 0 Å². The van der Waals surface area contributed by atoms with Gasteiger partial charge in [0.25, 0.3) is 5.82 Å². The maximum Gasteiger partial charge on any atom is 0.340 e. The first-order valence-electron chi connectivity index (χ1n) is 8.36. The lowest BCUT2D eigenvalue weighted by Gasteiger charge is -2.01. The smallest absolute Gasteiger partial charge is 0.340 e. The van der Waals surface area contributed by atoms with Crippen LogP contribution in [-0.2, 0) is 6.54 Å². The van der Waals surface area contributed by atoms with Crippen molar-refractivity contribution in [1.82, 2.24) is 9.55 Å². The van der Waals surface area contributed by atoms with Crippen molar-refractivity contribution >= 4 is 22.2 Å². The van der Waals surface area contributed by atoms with E-state index >= 15 is 0 Å². The lowest BCUT2D eigenvalue weighted by Crippen LogP contribution is -2.31. The highest BCUT2D eigenvalue weighted by Gasteiger charge is 2.38. The van der Waals surface area contributed by atoms with E-state index in [1.165, 1.54) is 11.1 Å². The van der Waals surface area contributed by atoms with Gasteiger partial charge in [-0.3, -0.25) is 4.98 Å². The van der Waals surface area contributed by atoms with Crippen molar-refractivity contribution in [3.8, 4) is 17.1 Å². The predicted octanol–water partition coefficient (Wildman–Crippen LogP) is 4.09. The molecule has 0 radical (unpaired) electrons. The van der Waals surface area contributed by atoms with E-state index < -0.39 is 0 Å². The van der Waals surface area contributed by atoms with Crippen molar-refractivity contribution < 1.29 is 8.98 Å². The minimum Gasteiger partial charge on any atom is -0.419 e. The number of benzene rings is 2. The van der Waals surface area contributed by atoms with Gasteiger partial charge in [-0.25, -0.2) is 0 Å². The number of aromatic nitrogens is 3. The summed E-state index contributed by atoms with van der Waals surface area (Å²) < 4.78 is 10.8. The van der Waals surface area contributed by atoms with E-state index in [1.54, 1.807) is 0 Å². The molecule has 0 atom stereocenters. The van der Waals surface area contributed by atoms with Crippen molar-refractivity contribution in [3.63, 3.8) is 0 Å². The Bertz CT molecular complexity index is 1260. The number of nitrogens with zero attached hydrogens (tertiary/aromatic N) is 3. The molecule has 4 heterocycles. The van der Waals surface area contributed by atoms with Gasteiger partial charge in [-0.1, -0.05) is 30.3 Å². The van der Waals surface area contributed by atoms with E-state index in [-0.39, 0.29) is 0 Å². The molecule has 1 aliphatic rings. The van der Waals surface area contributed by atoms with Gasteiger partial charge < -0.3 is 4.42 Å². The Morgan fingerprint density at radius 2 is 1.80 bits per heavy atom. The van der Waals surface area contributed by atoms with Crippen LogP contribution in [0.5, 0.6) is 0 Å². The van der Waals surface area contributed by atoms with Crippen LogP contribution < -0.4 is 4.57 Å². The highest BCUT2D eigenvalue weighted by Crippen LogP contribution is 2.37. The van der Waals surface area contributed by atoms with Gasteiger partial charge in [0.1, 0.15) is 17.8 Å². The minimum atomic E-state index is 0.809. The van der Waals surface area contributed by atoms with Crippen molar-refractivity contribution in [3.05, 3.63) is 78.6 Å². The molecular weight excluding hydrogens is 310 g/mol. The lowest BCUT2D eigenvalue weighted by molar-refractivity contribution is -0.652. The van der Waals surface area contributed by atoms with Crippen LogP contribution in [0.15, 0.2) is 77.5 Å². The lowest BCUT2D eigenvalue weighted by atomic mass is 10.1. The summed E-state index contributed by atoms with van der Waals surface area (Å²) in [7, 11) is 0. The number of pyridine rings is 1. The zero-order valence-corrected chi connectivity index (χ0v) is 13.4. The van der Waals surface area contributed by atoms with E-state index in [9.17, 15) is 0 Å². The monoisotopic (exact) mass is 324 g/mol. The topological polar surface area (TPSA) is 34.8 Å². The van der Waals surface area contributed by atoms with Crippen LogP contribution in [-0.4, -0.2) is 9.55 Å². The van der Waals surface area contributed by atoms with Crippen LogP contribution in [0.3, 0.4) is 0 Å². The van der Waals surface area contributed by atoms with E-state index in [4.69, 9.17) is 4.42 Å². The Balaban J connectivity index is 1.84. The van der Waals surface area contributed by atoms with E-state index in [2.05, 4.69) is 56.6 Å². The zero-order chi connectivity index (χ0) is 16.4. The molecule has 0 N–H and O–H groups in total. The number of para-hydroxylation sites is 2. The molecule has 0 saturated carbocycles. The molecule has 0 saturated heterocycles. The summed E-state index contributed by atoms with van der Waals surface area (Å²) in [5, 5.41) is 1.13. The summed E-state index contributed by atoms with van der Waals surface area (Å²) in [6.07, 6.45) is 3.81. The third-order valence-corrected chi connectivity index (χ3v) is 4.98. The number of rotatable bonds is 1. The average molecular weight is 324 g/mol. The van der Waals surface area contributed by atoms with Crippen molar-refractivity contribution in [2.45, 2.75) is 6.54 Å². The second-order valence-electron chi connectivity index (χ2n) is 6.37. The molecule has 25 heavy (non-hydrogen) atoms. The van der Waals surface area contributed by atoms with Crippen molar-refractivity contribution in [2.24, 2.45) is 0 Å². The van der Waals surface area contributed by atoms with Gasteiger partial charge in [0.2, 0.25) is 5.52 Å². The van der Waals surface area contributed by atoms with Crippen LogP contribution in [0, 0.1) is 0 Å². The molecule has 0 unspecified atom stereocenters. The van der Waals surface area contributed by atoms with Gasteiger partial charge in [0.15, 0.2) is 0 Å². The van der Waals surface area contributed by atoms with E-state index in [1.807, 2.05) is 30.6 Å². The number of hydrogen-bond acceptors (Lipinski definition) is 2. The van der Waals surface area contributed by atoms with Crippen LogP contribution in [0.1, 0.15) is 5.56 Å².